The summed E-state index contributed by atoms with van der Waals surface area (Å²) in [4.78, 5) is 0. The molecule has 1 nitrogen and oxygen atoms in total. The van der Waals surface area contributed by atoms with Gasteiger partial charge < -0.3 is 5.73 Å². The Kier molecular flexibility index (Phi) is 3.34. The number of benzene rings is 1. The molecule has 0 heterocycles. The van der Waals surface area contributed by atoms with Gasteiger partial charge in [-0.2, -0.15) is 0 Å². The lowest BCUT2D eigenvalue weighted by Crippen LogP contribution is -2.22. The second kappa shape index (κ2) is 4.58. The molecule has 1 heteroatoms. The topological polar surface area (TPSA) is 26.0 Å². The van der Waals surface area contributed by atoms with E-state index >= 15 is 0 Å². The SMILES string of the molecule is CC(C)Cc1ccc(CCC2(N)CC2)cc1. The highest BCUT2D eigenvalue weighted by Crippen LogP contribution is 2.36. The van der Waals surface area contributed by atoms with E-state index in [2.05, 4.69) is 38.1 Å². The van der Waals surface area contributed by atoms with Crippen molar-refractivity contribution in [2.24, 2.45) is 11.7 Å². The first-order valence-corrected chi connectivity index (χ1v) is 6.44. The van der Waals surface area contributed by atoms with Gasteiger partial charge in [0.25, 0.3) is 0 Å². The van der Waals surface area contributed by atoms with Crippen molar-refractivity contribution >= 4 is 0 Å². The lowest BCUT2D eigenvalue weighted by Gasteiger charge is -2.09. The van der Waals surface area contributed by atoms with E-state index < -0.39 is 0 Å². The van der Waals surface area contributed by atoms with E-state index in [0.717, 1.165) is 18.8 Å². The van der Waals surface area contributed by atoms with Gasteiger partial charge in [-0.1, -0.05) is 38.1 Å². The van der Waals surface area contributed by atoms with Crippen molar-refractivity contribution in [2.75, 3.05) is 0 Å². The Balaban J connectivity index is 1.86. The Morgan fingerprint density at radius 1 is 1.12 bits per heavy atom. The Morgan fingerprint density at radius 3 is 2.19 bits per heavy atom. The Bertz CT molecular complexity index is 333. The van der Waals surface area contributed by atoms with Crippen molar-refractivity contribution in [3.63, 3.8) is 0 Å². The molecule has 1 aromatic carbocycles. The monoisotopic (exact) mass is 217 g/mol. The molecule has 2 rings (SSSR count). The van der Waals surface area contributed by atoms with Crippen LogP contribution in [0.25, 0.3) is 0 Å². The summed E-state index contributed by atoms with van der Waals surface area (Å²) in [6.45, 7) is 4.53. The molecule has 0 aromatic heterocycles. The maximum Gasteiger partial charge on any atom is 0.0158 e. The molecular weight excluding hydrogens is 194 g/mol. The third kappa shape index (κ3) is 3.34. The Morgan fingerprint density at radius 2 is 1.69 bits per heavy atom. The maximum absolute atomic E-state index is 6.09. The van der Waals surface area contributed by atoms with Crippen molar-refractivity contribution in [3.05, 3.63) is 35.4 Å². The lowest BCUT2D eigenvalue weighted by atomic mass is 9.99. The van der Waals surface area contributed by atoms with Crippen molar-refractivity contribution in [2.45, 2.75) is 51.5 Å². The summed E-state index contributed by atoms with van der Waals surface area (Å²) in [5.41, 5.74) is 9.17. The summed E-state index contributed by atoms with van der Waals surface area (Å²) in [6.07, 6.45) is 5.91. The molecule has 0 spiro atoms. The molecule has 88 valence electrons. The molecule has 16 heavy (non-hydrogen) atoms. The third-order valence-electron chi connectivity index (χ3n) is 3.47. The summed E-state index contributed by atoms with van der Waals surface area (Å²) in [5.74, 6) is 0.740. The summed E-state index contributed by atoms with van der Waals surface area (Å²) in [6, 6.07) is 9.07. The van der Waals surface area contributed by atoms with Gasteiger partial charge in [-0.3, -0.25) is 0 Å². The van der Waals surface area contributed by atoms with Gasteiger partial charge in [0.15, 0.2) is 0 Å². The molecule has 0 bridgehead atoms. The first kappa shape index (κ1) is 11.7. The largest absolute Gasteiger partial charge is 0.325 e. The predicted octanol–water partition coefficient (Wildman–Crippen LogP) is 3.31. The summed E-state index contributed by atoms with van der Waals surface area (Å²) in [7, 11) is 0. The van der Waals surface area contributed by atoms with Crippen LogP contribution in [-0.4, -0.2) is 5.54 Å². The van der Waals surface area contributed by atoms with Crippen LogP contribution < -0.4 is 5.73 Å². The molecule has 2 N–H and O–H groups in total. The number of rotatable bonds is 5. The van der Waals surface area contributed by atoms with Gasteiger partial charge in [0.05, 0.1) is 0 Å². The summed E-state index contributed by atoms with van der Waals surface area (Å²) >= 11 is 0. The highest BCUT2D eigenvalue weighted by Gasteiger charge is 2.37. The van der Waals surface area contributed by atoms with E-state index in [4.69, 9.17) is 5.73 Å². The second-order valence-electron chi connectivity index (χ2n) is 5.78. The van der Waals surface area contributed by atoms with E-state index in [1.165, 1.54) is 30.4 Å². The smallest absolute Gasteiger partial charge is 0.0158 e. The van der Waals surface area contributed by atoms with Crippen molar-refractivity contribution in [1.29, 1.82) is 0 Å². The van der Waals surface area contributed by atoms with E-state index in [1.807, 2.05) is 0 Å². The maximum atomic E-state index is 6.09. The zero-order valence-corrected chi connectivity index (χ0v) is 10.5. The van der Waals surface area contributed by atoms with E-state index in [9.17, 15) is 0 Å². The van der Waals surface area contributed by atoms with Crippen LogP contribution in [0.3, 0.4) is 0 Å². The summed E-state index contributed by atoms with van der Waals surface area (Å²) in [5, 5.41) is 0. The van der Waals surface area contributed by atoms with E-state index in [-0.39, 0.29) is 5.54 Å². The highest BCUT2D eigenvalue weighted by atomic mass is 14.8. The standard InChI is InChI=1S/C15H23N/c1-12(2)11-14-5-3-13(4-6-14)7-8-15(16)9-10-15/h3-6,12H,7-11,16H2,1-2H3. The van der Waals surface area contributed by atoms with Gasteiger partial charge in [0, 0.05) is 5.54 Å². The fourth-order valence-electron chi connectivity index (χ4n) is 2.12. The minimum atomic E-state index is 0.191. The Hall–Kier alpha value is -0.820. The Labute approximate surface area is 99.0 Å². The molecule has 0 radical (unpaired) electrons. The molecule has 1 aliphatic rings. The predicted molar refractivity (Wildman–Crippen MR) is 69.5 cm³/mol. The second-order valence-corrected chi connectivity index (χ2v) is 5.78. The minimum Gasteiger partial charge on any atom is -0.325 e. The molecule has 0 atom stereocenters. The van der Waals surface area contributed by atoms with Crippen LogP contribution in [0.4, 0.5) is 0 Å². The van der Waals surface area contributed by atoms with Gasteiger partial charge in [0.2, 0.25) is 0 Å². The molecule has 0 unspecified atom stereocenters. The summed E-state index contributed by atoms with van der Waals surface area (Å²) < 4.78 is 0. The van der Waals surface area contributed by atoms with Gasteiger partial charge in [-0.15, -0.1) is 0 Å². The number of hydrogen-bond acceptors (Lipinski definition) is 1. The molecule has 0 saturated heterocycles. The fraction of sp³-hybridized carbons (Fsp3) is 0.600. The highest BCUT2D eigenvalue weighted by molar-refractivity contribution is 5.23. The van der Waals surface area contributed by atoms with Crippen molar-refractivity contribution < 1.29 is 0 Å². The van der Waals surface area contributed by atoms with Crippen LogP contribution in [-0.2, 0) is 12.8 Å². The minimum absolute atomic E-state index is 0.191. The number of aryl methyl sites for hydroxylation is 1. The van der Waals surface area contributed by atoms with Crippen LogP contribution >= 0.6 is 0 Å². The van der Waals surface area contributed by atoms with E-state index in [1.54, 1.807) is 0 Å². The van der Waals surface area contributed by atoms with Gasteiger partial charge in [0.1, 0.15) is 0 Å². The average Bonchev–Trinajstić information content (AvgIpc) is 2.96. The van der Waals surface area contributed by atoms with Crippen LogP contribution in [0.1, 0.15) is 44.2 Å². The van der Waals surface area contributed by atoms with Gasteiger partial charge in [-0.05, 0) is 49.1 Å². The quantitative estimate of drug-likeness (QED) is 0.804. The van der Waals surface area contributed by atoms with Crippen LogP contribution in [0.15, 0.2) is 24.3 Å². The average molecular weight is 217 g/mol. The van der Waals surface area contributed by atoms with Crippen LogP contribution in [0.2, 0.25) is 0 Å². The lowest BCUT2D eigenvalue weighted by molar-refractivity contribution is 0.608. The molecule has 1 aliphatic carbocycles. The number of hydrogen-bond donors (Lipinski definition) is 1. The van der Waals surface area contributed by atoms with E-state index in [0.29, 0.717) is 0 Å². The fourth-order valence-corrected chi connectivity index (χ4v) is 2.12. The first-order chi connectivity index (χ1) is 7.57. The number of nitrogens with two attached hydrogens (primary N) is 1. The molecule has 0 aliphatic heterocycles. The normalized spacial score (nSPS) is 17.8. The molecule has 1 saturated carbocycles. The van der Waals surface area contributed by atoms with Crippen molar-refractivity contribution in [1.82, 2.24) is 0 Å². The molecule has 1 fully saturated rings. The zero-order chi connectivity index (χ0) is 11.6. The van der Waals surface area contributed by atoms with Crippen LogP contribution in [0.5, 0.6) is 0 Å². The van der Waals surface area contributed by atoms with Crippen molar-refractivity contribution in [3.8, 4) is 0 Å². The molecular formula is C15H23N. The first-order valence-electron chi connectivity index (χ1n) is 6.44. The molecule has 1 aromatic rings. The third-order valence-corrected chi connectivity index (χ3v) is 3.47. The van der Waals surface area contributed by atoms with Gasteiger partial charge >= 0.3 is 0 Å². The van der Waals surface area contributed by atoms with Gasteiger partial charge in [-0.25, -0.2) is 0 Å². The van der Waals surface area contributed by atoms with Crippen LogP contribution in [0, 0.1) is 5.92 Å². The molecule has 0 amide bonds. The zero-order valence-electron chi connectivity index (χ0n) is 10.5.